The molecule has 2 amide bonds. The second-order valence-corrected chi connectivity index (χ2v) is 8.71. The lowest BCUT2D eigenvalue weighted by molar-refractivity contribution is -0.138. The van der Waals surface area contributed by atoms with E-state index in [0.29, 0.717) is 36.7 Å². The van der Waals surface area contributed by atoms with Crippen molar-refractivity contribution in [3.8, 4) is 11.5 Å². The fourth-order valence-corrected chi connectivity index (χ4v) is 4.47. The van der Waals surface area contributed by atoms with Crippen molar-refractivity contribution in [2.24, 2.45) is 5.92 Å². The molecule has 0 aliphatic carbocycles. The maximum absolute atomic E-state index is 13.5. The lowest BCUT2D eigenvalue weighted by Crippen LogP contribution is -2.48. The average molecular weight is 450 g/mol. The number of carbonyl (C=O) groups excluding carboxylic acids is 2. The number of nitrogens with zero attached hydrogens (tertiary/aromatic N) is 3. The van der Waals surface area contributed by atoms with Crippen LogP contribution >= 0.6 is 0 Å². The van der Waals surface area contributed by atoms with Crippen LogP contribution < -0.4 is 14.4 Å². The van der Waals surface area contributed by atoms with Crippen LogP contribution in [-0.2, 0) is 9.59 Å². The highest BCUT2D eigenvalue weighted by atomic mass is 16.5. The molecule has 7 heteroatoms. The van der Waals surface area contributed by atoms with Crippen LogP contribution in [0, 0.1) is 5.92 Å². The molecule has 0 spiro atoms. The minimum Gasteiger partial charge on any atom is -0.497 e. The van der Waals surface area contributed by atoms with Gasteiger partial charge in [0.2, 0.25) is 0 Å². The zero-order valence-corrected chi connectivity index (χ0v) is 19.7. The zero-order valence-electron chi connectivity index (χ0n) is 19.7. The van der Waals surface area contributed by atoms with Gasteiger partial charge in [0, 0.05) is 32.7 Å². The largest absolute Gasteiger partial charge is 0.497 e. The first-order chi connectivity index (χ1) is 15.9. The first-order valence-electron chi connectivity index (χ1n) is 11.3. The molecule has 0 radical (unpaired) electrons. The van der Waals surface area contributed by atoms with E-state index in [0.717, 1.165) is 30.1 Å². The van der Waals surface area contributed by atoms with Crippen LogP contribution in [0.25, 0.3) is 5.57 Å². The average Bonchev–Trinajstić information content (AvgIpc) is 3.08. The second-order valence-electron chi connectivity index (χ2n) is 8.71. The van der Waals surface area contributed by atoms with Gasteiger partial charge in [0.25, 0.3) is 11.8 Å². The Hall–Kier alpha value is -3.48. The zero-order chi connectivity index (χ0) is 23.5. The molecule has 2 heterocycles. The highest BCUT2D eigenvalue weighted by Crippen LogP contribution is 2.35. The van der Waals surface area contributed by atoms with Crippen LogP contribution in [0.3, 0.4) is 0 Å². The summed E-state index contributed by atoms with van der Waals surface area (Å²) in [5, 5.41) is 0. The van der Waals surface area contributed by atoms with E-state index in [-0.39, 0.29) is 17.7 Å². The highest BCUT2D eigenvalue weighted by Gasteiger charge is 2.42. The molecule has 4 rings (SSSR count). The van der Waals surface area contributed by atoms with Crippen molar-refractivity contribution in [2.45, 2.75) is 13.8 Å². The summed E-state index contributed by atoms with van der Waals surface area (Å²) in [6, 6.07) is 15.3. The van der Waals surface area contributed by atoms with Crippen LogP contribution in [0.4, 0.5) is 5.69 Å². The van der Waals surface area contributed by atoms with Crippen LogP contribution in [0.15, 0.2) is 54.2 Å². The standard InChI is InChI=1S/C26H31N3O4/c1-18(2)17-29-25(30)23(19-9-11-20(32-3)12-10-19)24(26(29)31)28-15-13-27(14-16-28)21-7-5-6-8-22(21)33-4/h5-12,18H,13-17H2,1-4H3. The maximum Gasteiger partial charge on any atom is 0.277 e. The molecule has 2 aromatic carbocycles. The minimum absolute atomic E-state index is 0.191. The van der Waals surface area contributed by atoms with Crippen LogP contribution in [0.5, 0.6) is 11.5 Å². The number of piperazine rings is 1. The van der Waals surface area contributed by atoms with Gasteiger partial charge in [0.05, 0.1) is 25.5 Å². The maximum atomic E-state index is 13.5. The number of amides is 2. The molecule has 1 fully saturated rings. The molecule has 0 atom stereocenters. The molecule has 2 aromatic rings. The lowest BCUT2D eigenvalue weighted by atomic mass is 10.0. The number of hydrogen-bond acceptors (Lipinski definition) is 6. The molecule has 7 nitrogen and oxygen atoms in total. The summed E-state index contributed by atoms with van der Waals surface area (Å²) in [5.74, 6) is 1.31. The van der Waals surface area contributed by atoms with Crippen molar-refractivity contribution in [3.05, 3.63) is 59.8 Å². The van der Waals surface area contributed by atoms with E-state index >= 15 is 0 Å². The summed E-state index contributed by atoms with van der Waals surface area (Å²) >= 11 is 0. The first kappa shape index (κ1) is 22.7. The van der Waals surface area contributed by atoms with Crippen LogP contribution in [0.1, 0.15) is 19.4 Å². The summed E-state index contributed by atoms with van der Waals surface area (Å²) in [6.07, 6.45) is 0. The van der Waals surface area contributed by atoms with Crippen molar-refractivity contribution < 1.29 is 19.1 Å². The van der Waals surface area contributed by atoms with Gasteiger partial charge < -0.3 is 19.3 Å². The van der Waals surface area contributed by atoms with Gasteiger partial charge in [-0.1, -0.05) is 38.1 Å². The fourth-order valence-electron chi connectivity index (χ4n) is 4.47. The summed E-state index contributed by atoms with van der Waals surface area (Å²) in [4.78, 5) is 32.6. The Morgan fingerprint density at radius 2 is 1.45 bits per heavy atom. The number of para-hydroxylation sites is 2. The monoisotopic (exact) mass is 449 g/mol. The van der Waals surface area contributed by atoms with Crippen molar-refractivity contribution in [3.63, 3.8) is 0 Å². The molecule has 0 unspecified atom stereocenters. The van der Waals surface area contributed by atoms with Crippen molar-refractivity contribution in [2.75, 3.05) is 51.8 Å². The quantitative estimate of drug-likeness (QED) is 0.605. The summed E-state index contributed by atoms with van der Waals surface area (Å²) in [5.41, 5.74) is 2.77. The van der Waals surface area contributed by atoms with Gasteiger partial charge in [0.1, 0.15) is 17.2 Å². The van der Waals surface area contributed by atoms with Gasteiger partial charge >= 0.3 is 0 Å². The van der Waals surface area contributed by atoms with Crippen molar-refractivity contribution in [1.82, 2.24) is 9.80 Å². The fraction of sp³-hybridized carbons (Fsp3) is 0.385. The molecule has 1 saturated heterocycles. The molecular weight excluding hydrogens is 418 g/mol. The number of benzene rings is 2. The third-order valence-electron chi connectivity index (χ3n) is 6.09. The number of methoxy groups -OCH3 is 2. The number of rotatable bonds is 7. The normalized spacial score (nSPS) is 16.8. The second kappa shape index (κ2) is 9.57. The SMILES string of the molecule is COc1ccc(C2=C(N3CCN(c4ccccc4OC)CC3)C(=O)N(CC(C)C)C2=O)cc1. The number of ether oxygens (including phenoxy) is 2. The minimum atomic E-state index is -0.221. The van der Waals surface area contributed by atoms with E-state index in [1.807, 2.05) is 62.4 Å². The van der Waals surface area contributed by atoms with Gasteiger partial charge in [-0.05, 0) is 35.7 Å². The van der Waals surface area contributed by atoms with Gasteiger partial charge in [0.15, 0.2) is 0 Å². The Morgan fingerprint density at radius 3 is 2.06 bits per heavy atom. The molecule has 0 N–H and O–H groups in total. The molecule has 174 valence electrons. The van der Waals surface area contributed by atoms with Crippen LogP contribution in [0.2, 0.25) is 0 Å². The van der Waals surface area contributed by atoms with Gasteiger partial charge in [-0.2, -0.15) is 0 Å². The van der Waals surface area contributed by atoms with E-state index in [9.17, 15) is 9.59 Å². The van der Waals surface area contributed by atoms with Crippen molar-refractivity contribution in [1.29, 1.82) is 0 Å². The number of anilines is 1. The van der Waals surface area contributed by atoms with E-state index < -0.39 is 0 Å². The molecular formula is C26H31N3O4. The third kappa shape index (κ3) is 4.40. The molecule has 0 bridgehead atoms. The molecule has 0 saturated carbocycles. The Balaban J connectivity index is 1.64. The lowest BCUT2D eigenvalue weighted by Gasteiger charge is -2.38. The summed E-state index contributed by atoms with van der Waals surface area (Å²) in [6.45, 7) is 7.16. The van der Waals surface area contributed by atoms with E-state index in [2.05, 4.69) is 9.80 Å². The highest BCUT2D eigenvalue weighted by molar-refractivity contribution is 6.35. The van der Waals surface area contributed by atoms with Gasteiger partial charge in [-0.3, -0.25) is 14.5 Å². The van der Waals surface area contributed by atoms with Crippen LogP contribution in [-0.4, -0.2) is 68.6 Å². The number of carbonyl (C=O) groups is 2. The van der Waals surface area contributed by atoms with Crippen molar-refractivity contribution >= 4 is 23.1 Å². The molecule has 0 aromatic heterocycles. The number of imide groups is 1. The summed E-state index contributed by atoms with van der Waals surface area (Å²) in [7, 11) is 3.28. The summed E-state index contributed by atoms with van der Waals surface area (Å²) < 4.78 is 10.8. The predicted octanol–water partition coefficient (Wildman–Crippen LogP) is 3.26. The Kier molecular flexibility index (Phi) is 6.58. The van der Waals surface area contributed by atoms with E-state index in [4.69, 9.17) is 9.47 Å². The van der Waals surface area contributed by atoms with Gasteiger partial charge in [-0.25, -0.2) is 0 Å². The smallest absolute Gasteiger partial charge is 0.277 e. The van der Waals surface area contributed by atoms with Gasteiger partial charge in [-0.15, -0.1) is 0 Å². The molecule has 2 aliphatic rings. The number of hydrogen-bond donors (Lipinski definition) is 0. The topological polar surface area (TPSA) is 62.3 Å². The Bertz CT molecular complexity index is 1050. The Labute approximate surface area is 195 Å². The van der Waals surface area contributed by atoms with E-state index in [1.165, 1.54) is 4.90 Å². The molecule has 33 heavy (non-hydrogen) atoms. The first-order valence-corrected chi connectivity index (χ1v) is 11.3. The third-order valence-corrected chi connectivity index (χ3v) is 6.09. The predicted molar refractivity (Wildman–Crippen MR) is 128 cm³/mol. The van der Waals surface area contributed by atoms with E-state index in [1.54, 1.807) is 14.2 Å². The Morgan fingerprint density at radius 1 is 0.818 bits per heavy atom. The molecule has 2 aliphatic heterocycles.